The van der Waals surface area contributed by atoms with Gasteiger partial charge in [0.05, 0.1) is 24.0 Å². The standard InChI is InChI=1S/C34H37F2N5O4/c1-34(2,3)45-33(43)38-13-12-37-25-10-14-41(15-11-25)31-26-18-21(28-6-5-7-30(40-28)32(42)44-4)8-9-29(26)39-20-27(31)22-16-23(35)19-24(36)17-22/h5-9,16-20,25,37H,10-15H2,1-4H3,(H,38,43). The third-order valence-corrected chi connectivity index (χ3v) is 7.49. The lowest BCUT2D eigenvalue weighted by molar-refractivity contribution is 0.0526. The van der Waals surface area contributed by atoms with E-state index in [2.05, 4.69) is 25.5 Å². The number of anilines is 1. The van der Waals surface area contributed by atoms with Crippen LogP contribution in [0.5, 0.6) is 0 Å². The van der Waals surface area contributed by atoms with Gasteiger partial charge in [-0.1, -0.05) is 12.1 Å². The van der Waals surface area contributed by atoms with Gasteiger partial charge in [0.15, 0.2) is 0 Å². The van der Waals surface area contributed by atoms with Crippen LogP contribution < -0.4 is 15.5 Å². The molecule has 2 N–H and O–H groups in total. The summed E-state index contributed by atoms with van der Waals surface area (Å²) in [7, 11) is 1.31. The maximum atomic E-state index is 14.4. The fourth-order valence-corrected chi connectivity index (χ4v) is 5.48. The lowest BCUT2D eigenvalue weighted by Crippen LogP contribution is -2.45. The second-order valence-corrected chi connectivity index (χ2v) is 12.0. The van der Waals surface area contributed by atoms with Gasteiger partial charge in [-0.3, -0.25) is 4.98 Å². The first-order chi connectivity index (χ1) is 21.5. The van der Waals surface area contributed by atoms with Crippen LogP contribution in [0.25, 0.3) is 33.3 Å². The minimum absolute atomic E-state index is 0.188. The van der Waals surface area contributed by atoms with Gasteiger partial charge >= 0.3 is 12.1 Å². The van der Waals surface area contributed by atoms with E-state index in [9.17, 15) is 18.4 Å². The molecule has 1 fully saturated rings. The molecule has 1 amide bonds. The van der Waals surface area contributed by atoms with Crippen molar-refractivity contribution in [1.82, 2.24) is 20.6 Å². The van der Waals surface area contributed by atoms with Crippen molar-refractivity contribution in [2.24, 2.45) is 0 Å². The van der Waals surface area contributed by atoms with E-state index in [1.807, 2.05) is 39.0 Å². The maximum Gasteiger partial charge on any atom is 0.407 e. The Morgan fingerprint density at radius 3 is 2.40 bits per heavy atom. The Kier molecular flexibility index (Phi) is 9.57. The summed E-state index contributed by atoms with van der Waals surface area (Å²) in [6.45, 7) is 7.86. The number of carbonyl (C=O) groups excluding carboxylic acids is 2. The molecule has 1 aliphatic heterocycles. The van der Waals surface area contributed by atoms with Crippen molar-refractivity contribution in [3.05, 3.63) is 78.1 Å². The number of benzene rings is 2. The van der Waals surface area contributed by atoms with Crippen molar-refractivity contribution in [2.75, 3.05) is 38.2 Å². The number of nitrogens with zero attached hydrogens (tertiary/aromatic N) is 3. The van der Waals surface area contributed by atoms with Crippen molar-refractivity contribution in [2.45, 2.75) is 45.3 Å². The molecule has 0 spiro atoms. The van der Waals surface area contributed by atoms with Gasteiger partial charge in [0.2, 0.25) is 0 Å². The number of aromatic nitrogens is 2. The Bertz CT molecular complexity index is 1680. The van der Waals surface area contributed by atoms with Gasteiger partial charge in [0.25, 0.3) is 0 Å². The molecule has 0 aliphatic carbocycles. The Morgan fingerprint density at radius 1 is 0.978 bits per heavy atom. The predicted molar refractivity (Wildman–Crippen MR) is 169 cm³/mol. The Labute approximate surface area is 261 Å². The number of piperidine rings is 1. The van der Waals surface area contributed by atoms with E-state index in [0.29, 0.717) is 48.5 Å². The van der Waals surface area contributed by atoms with E-state index in [1.165, 1.54) is 19.2 Å². The van der Waals surface area contributed by atoms with E-state index in [-0.39, 0.29) is 11.7 Å². The molecule has 11 heteroatoms. The number of alkyl carbamates (subject to hydrolysis) is 1. The van der Waals surface area contributed by atoms with Crippen LogP contribution in [0.4, 0.5) is 19.3 Å². The number of halogens is 2. The van der Waals surface area contributed by atoms with E-state index in [0.717, 1.165) is 35.5 Å². The number of methoxy groups -OCH3 is 1. The van der Waals surface area contributed by atoms with Crippen molar-refractivity contribution in [3.63, 3.8) is 0 Å². The lowest BCUT2D eigenvalue weighted by Gasteiger charge is -2.36. The summed E-state index contributed by atoms with van der Waals surface area (Å²) in [5.74, 6) is -1.87. The van der Waals surface area contributed by atoms with Crippen LogP contribution in [0.3, 0.4) is 0 Å². The first-order valence-electron chi connectivity index (χ1n) is 14.9. The summed E-state index contributed by atoms with van der Waals surface area (Å²) in [6, 6.07) is 14.5. The van der Waals surface area contributed by atoms with Gasteiger partial charge in [0, 0.05) is 61.0 Å². The zero-order valence-corrected chi connectivity index (χ0v) is 25.8. The van der Waals surface area contributed by atoms with Gasteiger partial charge in [-0.2, -0.15) is 0 Å². The number of amides is 1. The quantitative estimate of drug-likeness (QED) is 0.180. The fraction of sp³-hybridized carbons (Fsp3) is 0.353. The van der Waals surface area contributed by atoms with Crippen LogP contribution >= 0.6 is 0 Å². The van der Waals surface area contributed by atoms with E-state index in [4.69, 9.17) is 9.47 Å². The third-order valence-electron chi connectivity index (χ3n) is 7.49. The number of nitrogens with one attached hydrogen (secondary N) is 2. The van der Waals surface area contributed by atoms with Gasteiger partial charge in [0.1, 0.15) is 22.9 Å². The zero-order chi connectivity index (χ0) is 32.1. The molecule has 0 radical (unpaired) electrons. The second kappa shape index (κ2) is 13.6. The minimum atomic E-state index is -0.670. The average molecular weight is 618 g/mol. The molecule has 1 saturated heterocycles. The van der Waals surface area contributed by atoms with E-state index < -0.39 is 29.3 Å². The highest BCUT2D eigenvalue weighted by Gasteiger charge is 2.25. The summed E-state index contributed by atoms with van der Waals surface area (Å²) in [5, 5.41) is 7.07. The summed E-state index contributed by atoms with van der Waals surface area (Å²) in [5.41, 5.74) is 3.51. The van der Waals surface area contributed by atoms with E-state index in [1.54, 1.807) is 24.4 Å². The SMILES string of the molecule is COC(=O)c1cccc(-c2ccc3ncc(-c4cc(F)cc(F)c4)c(N4CCC(NCCNC(=O)OC(C)(C)C)CC4)c3c2)n1. The highest BCUT2D eigenvalue weighted by atomic mass is 19.1. The molecule has 0 atom stereocenters. The van der Waals surface area contributed by atoms with E-state index >= 15 is 0 Å². The molecular weight excluding hydrogens is 580 g/mol. The molecule has 45 heavy (non-hydrogen) atoms. The number of carbonyl (C=O) groups is 2. The van der Waals surface area contributed by atoms with Gasteiger partial charge in [-0.15, -0.1) is 0 Å². The topological polar surface area (TPSA) is 106 Å². The van der Waals surface area contributed by atoms with Crippen LogP contribution in [-0.4, -0.2) is 67.0 Å². The first kappa shape index (κ1) is 31.8. The van der Waals surface area contributed by atoms with Gasteiger partial charge in [-0.25, -0.2) is 23.4 Å². The number of pyridine rings is 2. The van der Waals surface area contributed by atoms with Crippen molar-refractivity contribution in [3.8, 4) is 22.4 Å². The van der Waals surface area contributed by atoms with Crippen LogP contribution in [0.1, 0.15) is 44.1 Å². The monoisotopic (exact) mass is 617 g/mol. The van der Waals surface area contributed by atoms with Crippen LogP contribution in [-0.2, 0) is 9.47 Å². The van der Waals surface area contributed by atoms with Crippen LogP contribution in [0.2, 0.25) is 0 Å². The van der Waals surface area contributed by atoms with Crippen LogP contribution in [0, 0.1) is 11.6 Å². The van der Waals surface area contributed by atoms with Gasteiger partial charge in [-0.05, 0) is 75.6 Å². The second-order valence-electron chi connectivity index (χ2n) is 12.0. The predicted octanol–water partition coefficient (Wildman–Crippen LogP) is 6.11. The number of ether oxygens (including phenoxy) is 2. The molecule has 9 nitrogen and oxygen atoms in total. The highest BCUT2D eigenvalue weighted by Crippen LogP contribution is 2.39. The molecule has 4 aromatic rings. The number of rotatable bonds is 8. The zero-order valence-electron chi connectivity index (χ0n) is 25.8. The number of fused-ring (bicyclic) bond motifs is 1. The van der Waals surface area contributed by atoms with Crippen molar-refractivity contribution < 1.29 is 27.8 Å². The Balaban J connectivity index is 1.42. The van der Waals surface area contributed by atoms with Crippen molar-refractivity contribution in [1.29, 1.82) is 0 Å². The Morgan fingerprint density at radius 2 is 1.71 bits per heavy atom. The molecule has 5 rings (SSSR count). The Hall–Kier alpha value is -4.64. The molecular formula is C34H37F2N5O4. The number of hydrogen-bond donors (Lipinski definition) is 2. The number of hydrogen-bond acceptors (Lipinski definition) is 8. The first-order valence-corrected chi connectivity index (χ1v) is 14.9. The van der Waals surface area contributed by atoms with Crippen molar-refractivity contribution >= 4 is 28.7 Å². The average Bonchev–Trinajstić information content (AvgIpc) is 3.01. The molecule has 2 aromatic carbocycles. The molecule has 0 unspecified atom stereocenters. The van der Waals surface area contributed by atoms with Gasteiger partial charge < -0.3 is 25.0 Å². The summed E-state index contributed by atoms with van der Waals surface area (Å²) in [4.78, 5) is 35.4. The molecule has 0 saturated carbocycles. The largest absolute Gasteiger partial charge is 0.464 e. The summed E-state index contributed by atoms with van der Waals surface area (Å²) >= 11 is 0. The molecule has 0 bridgehead atoms. The normalized spacial score (nSPS) is 14.0. The number of esters is 1. The molecule has 2 aromatic heterocycles. The fourth-order valence-electron chi connectivity index (χ4n) is 5.48. The highest BCUT2D eigenvalue weighted by molar-refractivity contribution is 6.01. The summed E-state index contributed by atoms with van der Waals surface area (Å²) < 4.78 is 38.9. The molecule has 3 heterocycles. The summed E-state index contributed by atoms with van der Waals surface area (Å²) in [6.07, 6.45) is 2.84. The molecule has 1 aliphatic rings. The third kappa shape index (κ3) is 7.91. The van der Waals surface area contributed by atoms with Crippen LogP contribution in [0.15, 0.2) is 60.8 Å². The maximum absolute atomic E-state index is 14.4. The minimum Gasteiger partial charge on any atom is -0.464 e. The molecule has 236 valence electrons. The smallest absolute Gasteiger partial charge is 0.407 e. The lowest BCUT2D eigenvalue weighted by atomic mass is 9.96.